The summed E-state index contributed by atoms with van der Waals surface area (Å²) in [5.74, 6) is -2.96. The minimum absolute atomic E-state index is 0. The maximum absolute atomic E-state index is 14.5. The predicted molar refractivity (Wildman–Crippen MR) is 80.6 cm³/mol. The van der Waals surface area contributed by atoms with E-state index in [0.29, 0.717) is 6.42 Å². The minimum atomic E-state index is -5.05. The second kappa shape index (κ2) is 6.85. The van der Waals surface area contributed by atoms with Gasteiger partial charge in [0.2, 0.25) is 0 Å². The number of ketones is 1. The summed E-state index contributed by atoms with van der Waals surface area (Å²) in [6.45, 7) is 1.31. The first-order valence-electron chi connectivity index (χ1n) is 7.04. The van der Waals surface area contributed by atoms with Gasteiger partial charge in [0, 0.05) is 5.56 Å². The fourth-order valence-electron chi connectivity index (χ4n) is 3.06. The molecular formula is C15H18ClF4NO3. The number of nitrogens with one attached hydrogen (secondary N) is 1. The Bertz CT molecular complexity index is 621. The summed E-state index contributed by atoms with van der Waals surface area (Å²) in [6.07, 6.45) is -4.28. The van der Waals surface area contributed by atoms with E-state index in [1.807, 2.05) is 0 Å². The van der Waals surface area contributed by atoms with Crippen LogP contribution in [0.15, 0.2) is 18.2 Å². The first kappa shape index (κ1) is 20.7. The van der Waals surface area contributed by atoms with Crippen LogP contribution >= 0.6 is 12.4 Å². The molecule has 1 aromatic rings. The second-order valence-electron chi connectivity index (χ2n) is 5.78. The van der Waals surface area contributed by atoms with Gasteiger partial charge in [-0.15, -0.1) is 25.6 Å². The molecule has 1 aliphatic carbocycles. The number of benzene rings is 1. The summed E-state index contributed by atoms with van der Waals surface area (Å²) in [5.41, 5.74) is -3.56. The molecule has 24 heavy (non-hydrogen) atoms. The molecule has 0 heterocycles. The highest BCUT2D eigenvalue weighted by Gasteiger charge is 2.52. The average molecular weight is 372 g/mol. The Kier molecular flexibility index (Phi) is 5.90. The Hall–Kier alpha value is -1.38. The molecule has 1 aliphatic rings. The van der Waals surface area contributed by atoms with Crippen LogP contribution in [-0.2, 0) is 10.3 Å². The number of aliphatic hydroxyl groups is 1. The summed E-state index contributed by atoms with van der Waals surface area (Å²) in [6, 6.07) is 3.23. The molecule has 136 valence electrons. The van der Waals surface area contributed by atoms with Crippen molar-refractivity contribution in [3.05, 3.63) is 29.6 Å². The number of likely N-dealkylation sites (N-methyl/N-ethyl adjacent to an activating group) is 1. The lowest BCUT2D eigenvalue weighted by atomic mass is 9.69. The zero-order valence-electron chi connectivity index (χ0n) is 13.0. The van der Waals surface area contributed by atoms with Gasteiger partial charge in [0.25, 0.3) is 0 Å². The van der Waals surface area contributed by atoms with E-state index in [4.69, 9.17) is 0 Å². The second-order valence-corrected chi connectivity index (χ2v) is 5.78. The van der Waals surface area contributed by atoms with Crippen LogP contribution in [0.1, 0.15) is 31.7 Å². The SMILES string of the molecule is CNC1(c2cccc(OC(F)(F)F)c2F)CCCC(C)(O)C1=O.Cl. The van der Waals surface area contributed by atoms with E-state index < -0.39 is 34.9 Å². The van der Waals surface area contributed by atoms with E-state index in [9.17, 15) is 27.5 Å². The normalized spacial score (nSPS) is 27.5. The molecule has 2 unspecified atom stereocenters. The lowest BCUT2D eigenvalue weighted by Crippen LogP contribution is -2.59. The van der Waals surface area contributed by atoms with Gasteiger partial charge in [-0.3, -0.25) is 4.79 Å². The number of rotatable bonds is 3. The quantitative estimate of drug-likeness (QED) is 0.802. The van der Waals surface area contributed by atoms with Crippen molar-refractivity contribution in [2.24, 2.45) is 0 Å². The maximum Gasteiger partial charge on any atom is 0.573 e. The largest absolute Gasteiger partial charge is 0.573 e. The summed E-state index contributed by atoms with van der Waals surface area (Å²) >= 11 is 0. The van der Waals surface area contributed by atoms with Crippen molar-refractivity contribution in [1.82, 2.24) is 5.32 Å². The third kappa shape index (κ3) is 3.65. The number of halogens is 5. The smallest absolute Gasteiger partial charge is 0.403 e. The van der Waals surface area contributed by atoms with Gasteiger partial charge in [-0.1, -0.05) is 12.1 Å². The number of carbonyl (C=O) groups is 1. The van der Waals surface area contributed by atoms with Gasteiger partial charge in [0.1, 0.15) is 11.1 Å². The molecule has 9 heteroatoms. The van der Waals surface area contributed by atoms with Gasteiger partial charge < -0.3 is 15.2 Å². The molecule has 0 saturated heterocycles. The van der Waals surface area contributed by atoms with Crippen molar-refractivity contribution in [1.29, 1.82) is 0 Å². The maximum atomic E-state index is 14.5. The monoisotopic (exact) mass is 371 g/mol. The van der Waals surface area contributed by atoms with E-state index in [0.717, 1.165) is 6.07 Å². The topological polar surface area (TPSA) is 58.6 Å². The van der Waals surface area contributed by atoms with Gasteiger partial charge in [-0.2, -0.15) is 0 Å². The van der Waals surface area contributed by atoms with Crippen LogP contribution < -0.4 is 10.1 Å². The van der Waals surface area contributed by atoms with Crippen molar-refractivity contribution < 1.29 is 32.2 Å². The van der Waals surface area contributed by atoms with Crippen LogP contribution in [0.2, 0.25) is 0 Å². The highest BCUT2D eigenvalue weighted by atomic mass is 35.5. The van der Waals surface area contributed by atoms with Gasteiger partial charge in [-0.05, 0) is 39.3 Å². The molecule has 1 aromatic carbocycles. The molecule has 0 aliphatic heterocycles. The summed E-state index contributed by atoms with van der Waals surface area (Å²) in [5, 5.41) is 12.9. The molecule has 2 N–H and O–H groups in total. The fraction of sp³-hybridized carbons (Fsp3) is 0.533. The molecule has 0 spiro atoms. The van der Waals surface area contributed by atoms with Crippen molar-refractivity contribution >= 4 is 18.2 Å². The highest BCUT2D eigenvalue weighted by molar-refractivity contribution is 5.97. The lowest BCUT2D eigenvalue weighted by molar-refractivity contribution is -0.275. The van der Waals surface area contributed by atoms with Crippen LogP contribution in [0.5, 0.6) is 5.75 Å². The molecule has 1 saturated carbocycles. The molecule has 0 radical (unpaired) electrons. The van der Waals surface area contributed by atoms with E-state index in [2.05, 4.69) is 10.1 Å². The fourth-order valence-corrected chi connectivity index (χ4v) is 3.06. The molecule has 0 aromatic heterocycles. The zero-order chi connectivity index (χ0) is 17.5. The molecule has 2 atom stereocenters. The first-order valence-corrected chi connectivity index (χ1v) is 7.04. The molecule has 0 bridgehead atoms. The predicted octanol–water partition coefficient (Wildman–Crippen LogP) is 3.06. The van der Waals surface area contributed by atoms with Gasteiger partial charge in [0.05, 0.1) is 0 Å². The Balaban J connectivity index is 0.00000288. The number of hydrogen-bond acceptors (Lipinski definition) is 4. The summed E-state index contributed by atoms with van der Waals surface area (Å²) in [4.78, 5) is 12.6. The van der Waals surface area contributed by atoms with Crippen LogP contribution in [-0.4, -0.2) is 29.9 Å². The first-order chi connectivity index (χ1) is 10.5. The van der Waals surface area contributed by atoms with Crippen molar-refractivity contribution in [3.63, 3.8) is 0 Å². The molecule has 0 amide bonds. The van der Waals surface area contributed by atoms with Crippen LogP contribution in [0.4, 0.5) is 17.6 Å². The third-order valence-electron chi connectivity index (χ3n) is 4.17. The van der Waals surface area contributed by atoms with Crippen molar-refractivity contribution in [2.45, 2.75) is 43.7 Å². The molecule has 2 rings (SSSR count). The standard InChI is InChI=1S/C15H17F4NO3.ClH/c1-13(22)7-4-8-14(20-2,12(13)21)9-5-3-6-10(11(9)16)23-15(17,18)19;/h3,5-6,20,22H,4,7-8H2,1-2H3;1H. The number of hydrogen-bond donors (Lipinski definition) is 2. The van der Waals surface area contributed by atoms with E-state index in [-0.39, 0.29) is 30.8 Å². The number of alkyl halides is 3. The van der Waals surface area contributed by atoms with E-state index in [1.165, 1.54) is 26.1 Å². The van der Waals surface area contributed by atoms with E-state index in [1.54, 1.807) is 0 Å². The van der Waals surface area contributed by atoms with Crippen LogP contribution in [0.25, 0.3) is 0 Å². The Labute approximate surface area is 142 Å². The van der Waals surface area contributed by atoms with Crippen molar-refractivity contribution in [3.8, 4) is 5.75 Å². The number of Topliss-reactive ketones (excluding diaryl/α,β-unsaturated/α-hetero) is 1. The third-order valence-corrected chi connectivity index (χ3v) is 4.17. The Morgan fingerprint density at radius 3 is 2.46 bits per heavy atom. The average Bonchev–Trinajstić information content (AvgIpc) is 2.43. The van der Waals surface area contributed by atoms with Gasteiger partial charge in [0.15, 0.2) is 17.3 Å². The number of ether oxygens (including phenoxy) is 1. The Morgan fingerprint density at radius 1 is 1.29 bits per heavy atom. The zero-order valence-corrected chi connectivity index (χ0v) is 13.9. The Morgan fingerprint density at radius 2 is 1.92 bits per heavy atom. The molecular weight excluding hydrogens is 354 g/mol. The molecule has 1 fully saturated rings. The van der Waals surface area contributed by atoms with Crippen LogP contribution in [0.3, 0.4) is 0 Å². The highest BCUT2D eigenvalue weighted by Crippen LogP contribution is 2.41. The molecule has 4 nitrogen and oxygen atoms in total. The lowest BCUT2D eigenvalue weighted by Gasteiger charge is -2.42. The summed E-state index contributed by atoms with van der Waals surface area (Å²) in [7, 11) is 1.40. The van der Waals surface area contributed by atoms with Crippen LogP contribution in [0, 0.1) is 5.82 Å². The van der Waals surface area contributed by atoms with Crippen molar-refractivity contribution in [2.75, 3.05) is 7.05 Å². The van der Waals surface area contributed by atoms with E-state index >= 15 is 0 Å². The minimum Gasteiger partial charge on any atom is -0.403 e. The van der Waals surface area contributed by atoms with Gasteiger partial charge in [-0.25, -0.2) is 4.39 Å². The summed E-state index contributed by atoms with van der Waals surface area (Å²) < 4.78 is 55.3. The van der Waals surface area contributed by atoms with Gasteiger partial charge >= 0.3 is 6.36 Å². The number of carbonyl (C=O) groups excluding carboxylic acids is 1.